The molecule has 3 rings (SSSR count). The Hall–Kier alpha value is -1.58. The van der Waals surface area contributed by atoms with Gasteiger partial charge < -0.3 is 4.90 Å². The van der Waals surface area contributed by atoms with Gasteiger partial charge in [0.05, 0.1) is 10.9 Å². The zero-order chi connectivity index (χ0) is 21.3. The Bertz CT molecular complexity index is 847. The summed E-state index contributed by atoms with van der Waals surface area (Å²) < 4.78 is 53.3. The number of piperidine rings is 1. The summed E-state index contributed by atoms with van der Waals surface area (Å²) in [5, 5.41) is 0. The number of sulfonamides is 1. The molecule has 9 heteroatoms. The van der Waals surface area contributed by atoms with Crippen molar-refractivity contribution >= 4 is 15.9 Å². The molecule has 0 saturated carbocycles. The number of hydrogen-bond acceptors (Lipinski definition) is 4. The number of carbonyl (C=O) groups excluding carboxylic acids is 1. The molecule has 0 spiro atoms. The molecule has 0 aromatic heterocycles. The lowest BCUT2D eigenvalue weighted by Crippen LogP contribution is -2.56. The second-order valence-electron chi connectivity index (χ2n) is 8.38. The van der Waals surface area contributed by atoms with Crippen LogP contribution in [0.15, 0.2) is 23.1 Å². The minimum Gasteiger partial charge on any atom is -0.341 e. The van der Waals surface area contributed by atoms with Crippen molar-refractivity contribution in [1.29, 1.82) is 0 Å². The molecule has 0 N–H and O–H groups in total. The maximum Gasteiger partial charge on any atom is 0.243 e. The molecule has 3 unspecified atom stereocenters. The van der Waals surface area contributed by atoms with Crippen LogP contribution in [0.25, 0.3) is 0 Å². The van der Waals surface area contributed by atoms with E-state index >= 15 is 0 Å². The predicted octanol–water partition coefficient (Wildman–Crippen LogP) is 2.16. The van der Waals surface area contributed by atoms with E-state index < -0.39 is 21.7 Å². The van der Waals surface area contributed by atoms with Crippen LogP contribution in [0.1, 0.15) is 27.2 Å². The Labute approximate surface area is 171 Å². The third kappa shape index (κ3) is 4.78. The zero-order valence-corrected chi connectivity index (χ0v) is 18.0. The molecular formula is C20H29F2N3O3S. The van der Waals surface area contributed by atoms with Crippen LogP contribution in [0.2, 0.25) is 0 Å². The van der Waals surface area contributed by atoms with Crippen molar-refractivity contribution in [1.82, 2.24) is 14.1 Å². The van der Waals surface area contributed by atoms with Crippen LogP contribution < -0.4 is 0 Å². The first-order valence-electron chi connectivity index (χ1n) is 10.1. The van der Waals surface area contributed by atoms with E-state index in [0.717, 1.165) is 31.6 Å². The average Bonchev–Trinajstić information content (AvgIpc) is 2.68. The SMILES string of the molecule is CC1CC(C)CN(C(=O)C(C)N2CCN(S(=O)(=O)c3ccc(F)c(F)c3)CC2)C1. The first kappa shape index (κ1) is 22.1. The normalized spacial score (nSPS) is 25.8. The molecule has 0 bridgehead atoms. The molecule has 0 aliphatic carbocycles. The van der Waals surface area contributed by atoms with E-state index in [4.69, 9.17) is 0 Å². The Kier molecular flexibility index (Phi) is 6.60. The third-order valence-electron chi connectivity index (χ3n) is 5.89. The summed E-state index contributed by atoms with van der Waals surface area (Å²) in [4.78, 5) is 16.6. The standard InChI is InChI=1S/C20H29F2N3O3S/c1-14-10-15(2)13-24(12-14)20(26)16(3)23-6-8-25(9-7-23)29(27,28)17-4-5-18(21)19(22)11-17/h4-5,11,14-16H,6-10,12-13H2,1-3H3. The minimum atomic E-state index is -3.90. The maximum absolute atomic E-state index is 13.5. The highest BCUT2D eigenvalue weighted by Crippen LogP contribution is 2.24. The summed E-state index contributed by atoms with van der Waals surface area (Å²) in [7, 11) is -3.90. The number of hydrogen-bond donors (Lipinski definition) is 0. The lowest BCUT2D eigenvalue weighted by Gasteiger charge is -2.41. The number of nitrogens with zero attached hydrogens (tertiary/aromatic N) is 3. The van der Waals surface area contributed by atoms with Gasteiger partial charge in [0.25, 0.3) is 0 Å². The molecule has 2 saturated heterocycles. The molecule has 162 valence electrons. The lowest BCUT2D eigenvalue weighted by molar-refractivity contribution is -0.139. The van der Waals surface area contributed by atoms with E-state index in [1.807, 2.05) is 16.7 Å². The quantitative estimate of drug-likeness (QED) is 0.736. The molecule has 2 heterocycles. The fourth-order valence-corrected chi connectivity index (χ4v) is 5.82. The molecular weight excluding hydrogens is 400 g/mol. The molecule has 29 heavy (non-hydrogen) atoms. The smallest absolute Gasteiger partial charge is 0.243 e. The van der Waals surface area contributed by atoms with Gasteiger partial charge in [-0.05, 0) is 43.4 Å². The number of benzene rings is 1. The largest absolute Gasteiger partial charge is 0.341 e. The fourth-order valence-electron chi connectivity index (χ4n) is 4.38. The number of carbonyl (C=O) groups is 1. The third-order valence-corrected chi connectivity index (χ3v) is 7.78. The van der Waals surface area contributed by atoms with Gasteiger partial charge in [-0.15, -0.1) is 0 Å². The Balaban J connectivity index is 1.62. The molecule has 0 radical (unpaired) electrons. The topological polar surface area (TPSA) is 60.9 Å². The number of likely N-dealkylation sites (tertiary alicyclic amines) is 1. The number of piperazine rings is 1. The van der Waals surface area contributed by atoms with Gasteiger partial charge in [-0.1, -0.05) is 13.8 Å². The number of rotatable bonds is 4. The van der Waals surface area contributed by atoms with Gasteiger partial charge in [0, 0.05) is 39.3 Å². The summed E-state index contributed by atoms with van der Waals surface area (Å²) in [6.07, 6.45) is 1.12. The summed E-state index contributed by atoms with van der Waals surface area (Å²) >= 11 is 0. The zero-order valence-electron chi connectivity index (χ0n) is 17.1. The van der Waals surface area contributed by atoms with Crippen LogP contribution in [0.4, 0.5) is 8.78 Å². The van der Waals surface area contributed by atoms with E-state index in [9.17, 15) is 22.0 Å². The average molecular weight is 430 g/mol. The summed E-state index contributed by atoms with van der Waals surface area (Å²) in [6, 6.07) is 2.28. The first-order chi connectivity index (χ1) is 13.6. The van der Waals surface area contributed by atoms with E-state index in [1.165, 1.54) is 4.31 Å². The van der Waals surface area contributed by atoms with Crippen molar-refractivity contribution in [2.24, 2.45) is 11.8 Å². The summed E-state index contributed by atoms with van der Waals surface area (Å²) in [5.41, 5.74) is 0. The van der Waals surface area contributed by atoms with Crippen LogP contribution in [0, 0.1) is 23.5 Å². The van der Waals surface area contributed by atoms with Gasteiger partial charge in [-0.25, -0.2) is 17.2 Å². The van der Waals surface area contributed by atoms with Crippen LogP contribution >= 0.6 is 0 Å². The minimum absolute atomic E-state index is 0.0836. The second kappa shape index (κ2) is 8.65. The monoisotopic (exact) mass is 429 g/mol. The van der Waals surface area contributed by atoms with Crippen molar-refractivity contribution in [3.63, 3.8) is 0 Å². The highest BCUT2D eigenvalue weighted by molar-refractivity contribution is 7.89. The fraction of sp³-hybridized carbons (Fsp3) is 0.650. The number of amides is 1. The number of halogens is 2. The summed E-state index contributed by atoms with van der Waals surface area (Å²) in [5.74, 6) is -1.22. The summed E-state index contributed by atoms with van der Waals surface area (Å²) in [6.45, 7) is 8.92. The van der Waals surface area contributed by atoms with Crippen molar-refractivity contribution in [2.75, 3.05) is 39.3 Å². The van der Waals surface area contributed by atoms with Crippen LogP contribution in [-0.4, -0.2) is 73.7 Å². The Morgan fingerprint density at radius 1 is 1.03 bits per heavy atom. The van der Waals surface area contributed by atoms with E-state index in [-0.39, 0.29) is 29.9 Å². The van der Waals surface area contributed by atoms with Gasteiger partial charge in [0.1, 0.15) is 0 Å². The molecule has 1 aromatic carbocycles. The Morgan fingerprint density at radius 2 is 1.62 bits per heavy atom. The predicted molar refractivity (Wildman–Crippen MR) is 106 cm³/mol. The molecule has 6 nitrogen and oxygen atoms in total. The Morgan fingerprint density at radius 3 is 2.17 bits per heavy atom. The first-order valence-corrected chi connectivity index (χ1v) is 11.5. The van der Waals surface area contributed by atoms with Gasteiger partial charge >= 0.3 is 0 Å². The van der Waals surface area contributed by atoms with Crippen molar-refractivity contribution < 1.29 is 22.0 Å². The van der Waals surface area contributed by atoms with Crippen LogP contribution in [-0.2, 0) is 14.8 Å². The van der Waals surface area contributed by atoms with Crippen LogP contribution in [0.3, 0.4) is 0 Å². The molecule has 3 atom stereocenters. The lowest BCUT2D eigenvalue weighted by atomic mass is 9.91. The van der Waals surface area contributed by atoms with Crippen molar-refractivity contribution in [2.45, 2.75) is 38.1 Å². The molecule has 1 amide bonds. The highest BCUT2D eigenvalue weighted by atomic mass is 32.2. The van der Waals surface area contributed by atoms with Crippen molar-refractivity contribution in [3.05, 3.63) is 29.8 Å². The molecule has 2 aliphatic heterocycles. The van der Waals surface area contributed by atoms with Gasteiger partial charge in [-0.2, -0.15) is 4.31 Å². The van der Waals surface area contributed by atoms with E-state index in [1.54, 1.807) is 0 Å². The van der Waals surface area contributed by atoms with Crippen LogP contribution in [0.5, 0.6) is 0 Å². The maximum atomic E-state index is 13.5. The van der Waals surface area contributed by atoms with Crippen molar-refractivity contribution in [3.8, 4) is 0 Å². The molecule has 2 fully saturated rings. The van der Waals surface area contributed by atoms with E-state index in [2.05, 4.69) is 13.8 Å². The molecule has 2 aliphatic rings. The van der Waals surface area contributed by atoms with Gasteiger partial charge in [0.2, 0.25) is 15.9 Å². The molecule has 1 aromatic rings. The highest BCUT2D eigenvalue weighted by Gasteiger charge is 2.35. The second-order valence-corrected chi connectivity index (χ2v) is 10.3. The van der Waals surface area contributed by atoms with Gasteiger partial charge in [-0.3, -0.25) is 9.69 Å². The van der Waals surface area contributed by atoms with Gasteiger partial charge in [0.15, 0.2) is 11.6 Å². The van der Waals surface area contributed by atoms with E-state index in [0.29, 0.717) is 31.0 Å².